The lowest BCUT2D eigenvalue weighted by atomic mass is 10.1. The van der Waals surface area contributed by atoms with Gasteiger partial charge in [0, 0.05) is 6.54 Å². The number of nitrogens with one attached hydrogen (secondary N) is 1. The van der Waals surface area contributed by atoms with E-state index in [1.807, 2.05) is 13.8 Å². The van der Waals surface area contributed by atoms with Gasteiger partial charge in [0.25, 0.3) is 0 Å². The fourth-order valence-corrected chi connectivity index (χ4v) is 2.85. The van der Waals surface area contributed by atoms with Crippen LogP contribution in [0.4, 0.5) is 0 Å². The second kappa shape index (κ2) is 6.88. The standard InChI is InChI=1S/C13H21NO4S/c1-10(2)6-7-14-19(16,17)13-8-11(9-15)4-5-12(13)18-3/h4-5,8,10,14-15H,6-7,9H2,1-3H3. The highest BCUT2D eigenvalue weighted by Gasteiger charge is 2.19. The summed E-state index contributed by atoms with van der Waals surface area (Å²) in [6, 6.07) is 4.60. The van der Waals surface area contributed by atoms with E-state index in [4.69, 9.17) is 9.84 Å². The highest BCUT2D eigenvalue weighted by atomic mass is 32.2. The second-order valence-corrected chi connectivity index (χ2v) is 6.46. The van der Waals surface area contributed by atoms with Crippen molar-refractivity contribution in [3.05, 3.63) is 23.8 Å². The number of rotatable bonds is 7. The van der Waals surface area contributed by atoms with Crippen LogP contribution in [0.1, 0.15) is 25.8 Å². The van der Waals surface area contributed by atoms with Crippen LogP contribution in [0.15, 0.2) is 23.1 Å². The van der Waals surface area contributed by atoms with Crippen molar-refractivity contribution in [2.45, 2.75) is 31.8 Å². The van der Waals surface area contributed by atoms with Gasteiger partial charge in [-0.3, -0.25) is 0 Å². The fourth-order valence-electron chi connectivity index (χ4n) is 1.59. The summed E-state index contributed by atoms with van der Waals surface area (Å²) in [6.45, 7) is 4.23. The Kier molecular flexibility index (Phi) is 5.78. The molecule has 0 heterocycles. The minimum absolute atomic E-state index is 0.0605. The molecule has 1 rings (SSSR count). The Balaban J connectivity index is 2.98. The number of ether oxygens (including phenoxy) is 1. The molecule has 0 aromatic heterocycles. The van der Waals surface area contributed by atoms with E-state index in [0.29, 0.717) is 18.0 Å². The third-order valence-corrected chi connectivity index (χ3v) is 4.20. The van der Waals surface area contributed by atoms with E-state index in [1.54, 1.807) is 12.1 Å². The molecule has 19 heavy (non-hydrogen) atoms. The number of methoxy groups -OCH3 is 1. The molecule has 0 aliphatic carbocycles. The van der Waals surface area contributed by atoms with Crippen molar-refractivity contribution in [2.75, 3.05) is 13.7 Å². The third-order valence-electron chi connectivity index (χ3n) is 2.71. The normalized spacial score (nSPS) is 11.8. The zero-order valence-corrected chi connectivity index (χ0v) is 12.3. The molecule has 0 spiro atoms. The average Bonchev–Trinajstić information content (AvgIpc) is 2.37. The minimum Gasteiger partial charge on any atom is -0.495 e. The van der Waals surface area contributed by atoms with E-state index in [1.165, 1.54) is 13.2 Å². The Hall–Kier alpha value is -1.11. The average molecular weight is 287 g/mol. The fraction of sp³-hybridized carbons (Fsp3) is 0.538. The predicted molar refractivity (Wildman–Crippen MR) is 73.6 cm³/mol. The molecule has 0 fully saturated rings. The van der Waals surface area contributed by atoms with Crippen LogP contribution in [-0.4, -0.2) is 27.2 Å². The maximum Gasteiger partial charge on any atom is 0.244 e. The number of hydrogen-bond acceptors (Lipinski definition) is 4. The Bertz CT molecular complexity index is 511. The molecule has 5 nitrogen and oxygen atoms in total. The van der Waals surface area contributed by atoms with Gasteiger partial charge < -0.3 is 9.84 Å². The molecule has 0 amide bonds. The molecule has 2 N–H and O–H groups in total. The Morgan fingerprint density at radius 2 is 2.05 bits per heavy atom. The van der Waals surface area contributed by atoms with Gasteiger partial charge in [-0.2, -0.15) is 0 Å². The molecular weight excluding hydrogens is 266 g/mol. The smallest absolute Gasteiger partial charge is 0.244 e. The van der Waals surface area contributed by atoms with Crippen LogP contribution in [0, 0.1) is 5.92 Å². The summed E-state index contributed by atoms with van der Waals surface area (Å²) in [5.74, 6) is 0.697. The molecule has 6 heteroatoms. The number of hydrogen-bond donors (Lipinski definition) is 2. The molecule has 0 saturated carbocycles. The molecule has 0 unspecified atom stereocenters. The Morgan fingerprint density at radius 1 is 1.37 bits per heavy atom. The molecule has 0 aliphatic heterocycles. The van der Waals surface area contributed by atoms with Gasteiger partial charge in [0.05, 0.1) is 13.7 Å². The summed E-state index contributed by atoms with van der Waals surface area (Å²) >= 11 is 0. The van der Waals surface area contributed by atoms with E-state index in [-0.39, 0.29) is 17.3 Å². The number of aliphatic hydroxyl groups excluding tert-OH is 1. The summed E-state index contributed by atoms with van der Waals surface area (Å²) in [6.07, 6.45) is 0.765. The largest absolute Gasteiger partial charge is 0.495 e. The molecular formula is C13H21NO4S. The van der Waals surface area contributed by atoms with Gasteiger partial charge in [-0.15, -0.1) is 0 Å². The quantitative estimate of drug-likeness (QED) is 0.797. The lowest BCUT2D eigenvalue weighted by Gasteiger charge is -2.12. The van der Waals surface area contributed by atoms with Gasteiger partial charge >= 0.3 is 0 Å². The Morgan fingerprint density at radius 3 is 2.58 bits per heavy atom. The lowest BCUT2D eigenvalue weighted by Crippen LogP contribution is -2.26. The van der Waals surface area contributed by atoms with Crippen LogP contribution < -0.4 is 9.46 Å². The van der Waals surface area contributed by atoms with E-state index < -0.39 is 10.0 Å². The number of aliphatic hydroxyl groups is 1. The summed E-state index contributed by atoms with van der Waals surface area (Å²) in [5, 5.41) is 9.08. The van der Waals surface area contributed by atoms with Crippen LogP contribution >= 0.6 is 0 Å². The molecule has 0 bridgehead atoms. The van der Waals surface area contributed by atoms with Gasteiger partial charge in [0.15, 0.2) is 0 Å². The lowest BCUT2D eigenvalue weighted by molar-refractivity contribution is 0.281. The van der Waals surface area contributed by atoms with Crippen LogP contribution in [0.2, 0.25) is 0 Å². The molecule has 0 saturated heterocycles. The molecule has 108 valence electrons. The molecule has 0 atom stereocenters. The predicted octanol–water partition coefficient (Wildman–Crippen LogP) is 1.51. The van der Waals surface area contributed by atoms with E-state index in [2.05, 4.69) is 4.72 Å². The number of sulfonamides is 1. The summed E-state index contributed by atoms with van der Waals surface area (Å²) in [5.41, 5.74) is 0.532. The first-order chi connectivity index (χ1) is 8.90. The highest BCUT2D eigenvalue weighted by Crippen LogP contribution is 2.24. The maximum absolute atomic E-state index is 12.2. The van der Waals surface area contributed by atoms with Crippen LogP contribution in [0.3, 0.4) is 0 Å². The van der Waals surface area contributed by atoms with Gasteiger partial charge in [0.1, 0.15) is 10.6 Å². The van der Waals surface area contributed by atoms with Crippen molar-refractivity contribution in [1.29, 1.82) is 0 Å². The van der Waals surface area contributed by atoms with E-state index in [0.717, 1.165) is 6.42 Å². The van der Waals surface area contributed by atoms with E-state index >= 15 is 0 Å². The van der Waals surface area contributed by atoms with Crippen molar-refractivity contribution in [3.8, 4) is 5.75 Å². The number of benzene rings is 1. The zero-order chi connectivity index (χ0) is 14.5. The van der Waals surface area contributed by atoms with Crippen LogP contribution in [-0.2, 0) is 16.6 Å². The van der Waals surface area contributed by atoms with Crippen molar-refractivity contribution < 1.29 is 18.3 Å². The first-order valence-electron chi connectivity index (χ1n) is 6.18. The van der Waals surface area contributed by atoms with Gasteiger partial charge in [-0.25, -0.2) is 13.1 Å². The topological polar surface area (TPSA) is 75.6 Å². The minimum atomic E-state index is -3.62. The van der Waals surface area contributed by atoms with Crippen molar-refractivity contribution >= 4 is 10.0 Å². The summed E-state index contributed by atoms with van der Waals surface area (Å²) in [7, 11) is -2.20. The maximum atomic E-state index is 12.2. The monoisotopic (exact) mass is 287 g/mol. The van der Waals surface area contributed by atoms with Crippen molar-refractivity contribution in [2.24, 2.45) is 5.92 Å². The molecule has 0 aliphatic rings. The molecule has 0 radical (unpaired) electrons. The second-order valence-electron chi connectivity index (χ2n) is 4.72. The Labute approximate surface area is 114 Å². The first kappa shape index (κ1) is 15.9. The SMILES string of the molecule is COc1ccc(CO)cc1S(=O)(=O)NCCC(C)C. The molecule has 1 aromatic rings. The van der Waals surface area contributed by atoms with Gasteiger partial charge in [0.2, 0.25) is 10.0 Å². The molecule has 1 aromatic carbocycles. The van der Waals surface area contributed by atoms with Crippen molar-refractivity contribution in [3.63, 3.8) is 0 Å². The highest BCUT2D eigenvalue weighted by molar-refractivity contribution is 7.89. The zero-order valence-electron chi connectivity index (χ0n) is 11.5. The van der Waals surface area contributed by atoms with Gasteiger partial charge in [-0.05, 0) is 30.0 Å². The van der Waals surface area contributed by atoms with Crippen LogP contribution in [0.5, 0.6) is 5.75 Å². The van der Waals surface area contributed by atoms with E-state index in [9.17, 15) is 8.42 Å². The summed E-state index contributed by atoms with van der Waals surface area (Å²) in [4.78, 5) is 0.0605. The first-order valence-corrected chi connectivity index (χ1v) is 7.66. The van der Waals surface area contributed by atoms with Crippen LogP contribution in [0.25, 0.3) is 0 Å². The summed E-state index contributed by atoms with van der Waals surface area (Å²) < 4.78 is 32.0. The van der Waals surface area contributed by atoms with Crippen molar-refractivity contribution in [1.82, 2.24) is 4.72 Å². The third kappa shape index (κ3) is 4.49. The van der Waals surface area contributed by atoms with Gasteiger partial charge in [-0.1, -0.05) is 19.9 Å².